The van der Waals surface area contributed by atoms with Gasteiger partial charge in [-0.1, -0.05) is 0 Å². The molecule has 0 spiro atoms. The molecule has 0 aromatic rings. The molecule has 0 saturated carbocycles. The maximum absolute atomic E-state index is 0. The average molecular weight is 223 g/mol. The minimum Gasteiger partial charge on any atom is -1.00 e. The fourth-order valence-electron chi connectivity index (χ4n) is 0. The van der Waals surface area contributed by atoms with E-state index in [1.807, 2.05) is 0 Å². The second-order valence-corrected chi connectivity index (χ2v) is 0. The number of halogens is 5. The Kier molecular flexibility index (Phi) is 432000. The second kappa shape index (κ2) is 1510. The molecule has 0 saturated heterocycles. The van der Waals surface area contributed by atoms with Gasteiger partial charge in [0, 0.05) is 0 Å². The third kappa shape index (κ3) is 935. The topological polar surface area (TPSA) is 64.5 Å². The van der Waals surface area contributed by atoms with Gasteiger partial charge in [0.15, 0.2) is 0 Å². The van der Waals surface area contributed by atoms with Crippen LogP contribution < -0.4 is 23.5 Å². The summed E-state index contributed by atoms with van der Waals surface area (Å²) in [6.45, 7) is 0. The van der Waals surface area contributed by atoms with Crippen molar-refractivity contribution < 1.29 is 60.7 Å². The second-order valence-electron chi connectivity index (χ2n) is 0. The Bertz CT molecular complexity index is 10.4. The van der Waals surface area contributed by atoms with Crippen LogP contribution in [0.5, 0.6) is 0 Å². The summed E-state index contributed by atoms with van der Waals surface area (Å²) in [7, 11) is 0. The van der Waals surface area contributed by atoms with Crippen LogP contribution in [0, 0.1) is 0 Å². The molecule has 2 nitrogen and oxygen atoms in total. The third-order valence-electron chi connectivity index (χ3n) is 0. The Morgan fingerprint density at radius 1 is 0.500 bits per heavy atom. The molecule has 0 atom stereocenters. The largest absolute Gasteiger partial charge is 4.00 e. The van der Waals surface area contributed by atoms with Crippen LogP contribution in [-0.2, 0) is 31.7 Å². The minimum atomic E-state index is 0. The van der Waals surface area contributed by atoms with Gasteiger partial charge in [-0.25, -0.2) is 0 Å². The summed E-state index contributed by atoms with van der Waals surface area (Å²) >= 11 is 0. The molecule has 0 aliphatic rings. The van der Waals surface area contributed by atoms with Crippen molar-refractivity contribution in [3.63, 3.8) is 0 Å². The quantitative estimate of drug-likeness (QED) is 0.289. The van der Waals surface area contributed by atoms with E-state index in [0.29, 0.717) is 0 Å². The van der Waals surface area contributed by atoms with Crippen molar-refractivity contribution in [3.8, 4) is 0 Å². The van der Waals surface area contributed by atoms with Crippen LogP contribution in [-0.4, -0.2) is 5.48 Å². The van der Waals surface area contributed by atoms with Crippen molar-refractivity contribution in [1.29, 1.82) is 0 Å². The minimum absolute atomic E-state index is 0. The van der Waals surface area contributed by atoms with Crippen molar-refractivity contribution in [2.24, 2.45) is 0 Å². The Hall–Kier alpha value is 0.453. The normalized spacial score (nSPS) is 0. The van der Waals surface area contributed by atoms with Crippen LogP contribution in [0.25, 0.3) is 0 Å². The van der Waals surface area contributed by atoms with Gasteiger partial charge >= 0.3 is 26.2 Å². The molecule has 0 fully saturated rings. The Morgan fingerprint density at radius 2 is 0.500 bits per heavy atom. The van der Waals surface area contributed by atoms with Crippen molar-refractivity contribution in [3.05, 3.63) is 0 Å². The van der Waals surface area contributed by atoms with E-state index in [1.165, 1.54) is 0 Å². The van der Waals surface area contributed by atoms with Crippen molar-refractivity contribution in [1.82, 2.24) is 0 Å². The zero-order valence-electron chi connectivity index (χ0n) is 3.47. The molecular formula is H5F5O2Zr. The number of rotatable bonds is 0. The molecule has 56 valence electrons. The first-order valence-electron chi connectivity index (χ1n) is 0. The molecule has 8 heavy (non-hydrogen) atoms. The zero-order chi connectivity index (χ0) is 0. The van der Waals surface area contributed by atoms with E-state index in [1.54, 1.807) is 0 Å². The average Bonchev–Trinajstić information content (AvgIpc) is 0. The van der Waals surface area contributed by atoms with Crippen molar-refractivity contribution >= 4 is 0 Å². The van der Waals surface area contributed by atoms with E-state index >= 15 is 0 Å². The van der Waals surface area contributed by atoms with Crippen LogP contribution in [0.4, 0.5) is 0 Å². The summed E-state index contributed by atoms with van der Waals surface area (Å²) in [5.74, 6) is 0. The molecule has 0 heterocycles. The molecule has 0 rings (SSSR count). The molecule has 0 amide bonds. The van der Waals surface area contributed by atoms with Crippen molar-refractivity contribution in [2.75, 3.05) is 0 Å². The molecule has 0 unspecified atom stereocenters. The van der Waals surface area contributed by atoms with Gasteiger partial charge in [-0.2, -0.15) is 0 Å². The van der Waals surface area contributed by atoms with E-state index in [9.17, 15) is 0 Å². The van der Waals surface area contributed by atoms with E-state index in [-0.39, 0.29) is 60.7 Å². The van der Waals surface area contributed by atoms with Gasteiger partial charge in [-0.3, -0.25) is 0 Å². The van der Waals surface area contributed by atoms with Gasteiger partial charge in [-0.05, 0) is 0 Å². The molecule has 0 bridgehead atoms. The third-order valence-corrected chi connectivity index (χ3v) is 0. The van der Waals surface area contributed by atoms with Crippen molar-refractivity contribution in [2.45, 2.75) is 0 Å². The van der Waals surface area contributed by atoms with Gasteiger partial charge in [0.2, 0.25) is 0 Å². The first-order valence-corrected chi connectivity index (χ1v) is 0. The smallest absolute Gasteiger partial charge is 1.00 e. The van der Waals surface area contributed by atoms with E-state index in [0.717, 1.165) is 0 Å². The predicted molar refractivity (Wildman–Crippen MR) is 8.49 cm³/mol. The van der Waals surface area contributed by atoms with Crippen LogP contribution in [0.3, 0.4) is 0 Å². The molecule has 0 aromatic heterocycles. The first kappa shape index (κ1) is 2290. The molecule has 0 aliphatic carbocycles. The summed E-state index contributed by atoms with van der Waals surface area (Å²) in [6, 6.07) is 0. The van der Waals surface area contributed by atoms with E-state index in [2.05, 4.69) is 0 Å². The van der Waals surface area contributed by atoms with E-state index < -0.39 is 0 Å². The molecule has 0 aliphatic heterocycles. The van der Waals surface area contributed by atoms with Crippen LogP contribution in [0.2, 0.25) is 0 Å². The Morgan fingerprint density at radius 3 is 0.500 bits per heavy atom. The zero-order valence-corrected chi connectivity index (χ0v) is 5.93. The molecule has 5 N–H and O–H groups in total. The first-order chi connectivity index (χ1) is 0. The van der Waals surface area contributed by atoms with Crippen LogP contribution in [0.15, 0.2) is 0 Å². The molecule has 0 radical (unpaired) electrons. The fraction of sp³-hybridized carbons (Fsp3) is 0. The standard InChI is InChI=1S/5FH.2H2O.Zr/h5*1H;2*1H2;/q;;;;;;;+4/p-4. The van der Waals surface area contributed by atoms with Gasteiger partial charge in [-0.15, -0.1) is 0 Å². The summed E-state index contributed by atoms with van der Waals surface area (Å²) in [6.07, 6.45) is 0. The Balaban J connectivity index is 0. The van der Waals surface area contributed by atoms with E-state index in [4.69, 9.17) is 0 Å². The SMILES string of the molecule is O.[F-].[F-].[F-].[F-].[F-].[OH3+].[Zr+4]. The summed E-state index contributed by atoms with van der Waals surface area (Å²) in [5, 5.41) is 0. The van der Waals surface area contributed by atoms with Gasteiger partial charge in [0.1, 0.15) is 0 Å². The number of hydrogen-bond acceptors (Lipinski definition) is 0. The van der Waals surface area contributed by atoms with Gasteiger partial charge in [0.25, 0.3) is 0 Å². The Labute approximate surface area is 61.2 Å². The molecule has 8 heteroatoms. The molecule has 0 aromatic carbocycles. The summed E-state index contributed by atoms with van der Waals surface area (Å²) < 4.78 is 0. The monoisotopic (exact) mass is 222 g/mol. The predicted octanol–water partition coefficient (Wildman–Crippen LogP) is -16.7. The maximum Gasteiger partial charge on any atom is 4.00 e. The van der Waals surface area contributed by atoms with Crippen LogP contribution >= 0.6 is 0 Å². The summed E-state index contributed by atoms with van der Waals surface area (Å²) in [4.78, 5) is 0. The number of hydrogen-bond donors (Lipinski definition) is 0. The van der Waals surface area contributed by atoms with Gasteiger partial charge < -0.3 is 34.5 Å². The maximum atomic E-state index is 0. The summed E-state index contributed by atoms with van der Waals surface area (Å²) in [5.41, 5.74) is 0. The fourth-order valence-corrected chi connectivity index (χ4v) is 0. The van der Waals surface area contributed by atoms with Gasteiger partial charge in [0.05, 0.1) is 0 Å². The molecular weight excluding hydrogens is 218 g/mol. The van der Waals surface area contributed by atoms with Crippen LogP contribution in [0.1, 0.15) is 0 Å².